The standard InChI is InChI=1S/C53H70FN7O10/c1-32(2)25-42(60(9)50(67)70-52(6,7)8)48(65)61(10)53(22-14-23-53)49(66)57-36(26-33-15-12-11-13-16-33)31-68-43-30-56-39-20-19-35(54)27-38(39)45(43)47(64)58-41(29-44(62)69-51(3,4)5)46(63)55-24-21-37-28-40(59-71-37)34-17-18-34/h11-13,15-16,19-20,27-28,30,32,34,36,41-42H,14,17-18,21-26,29,31H2,1-10H3,(H,55,63)(H,57,66)(H,58,64)/t36-,41+,42+/m1/s1. The Balaban J connectivity index is 1.25. The number of rotatable bonds is 21. The number of hydrogen-bond donors (Lipinski definition) is 3. The molecular weight excluding hydrogens is 914 g/mol. The first-order valence-electron chi connectivity index (χ1n) is 24.5. The number of hydrogen-bond acceptors (Lipinski definition) is 12. The van der Waals surface area contributed by atoms with E-state index >= 15 is 4.39 Å². The lowest BCUT2D eigenvalue weighted by molar-refractivity contribution is -0.156. The van der Waals surface area contributed by atoms with Gasteiger partial charge in [0.15, 0.2) is 5.75 Å². The number of likely N-dealkylation sites (N-methyl/N-ethyl adjacent to an activating group) is 2. The van der Waals surface area contributed by atoms with Crippen LogP contribution in [0.15, 0.2) is 65.3 Å². The van der Waals surface area contributed by atoms with Crippen molar-refractivity contribution in [2.24, 2.45) is 5.92 Å². The van der Waals surface area contributed by atoms with Gasteiger partial charge in [-0.3, -0.25) is 33.9 Å². The van der Waals surface area contributed by atoms with Gasteiger partial charge >= 0.3 is 12.1 Å². The van der Waals surface area contributed by atoms with E-state index in [1.54, 1.807) is 48.6 Å². The monoisotopic (exact) mass is 984 g/mol. The maximum atomic E-state index is 15.1. The van der Waals surface area contributed by atoms with Crippen molar-refractivity contribution >= 4 is 46.6 Å². The van der Waals surface area contributed by atoms with Crippen LogP contribution in [0.5, 0.6) is 5.75 Å². The molecule has 17 nitrogen and oxygen atoms in total. The van der Waals surface area contributed by atoms with Gasteiger partial charge in [0.05, 0.1) is 35.4 Å². The first-order valence-corrected chi connectivity index (χ1v) is 24.5. The van der Waals surface area contributed by atoms with Gasteiger partial charge in [-0.25, -0.2) is 9.18 Å². The molecule has 0 radical (unpaired) electrons. The van der Waals surface area contributed by atoms with Crippen molar-refractivity contribution in [2.75, 3.05) is 27.2 Å². The van der Waals surface area contributed by atoms with Gasteiger partial charge in [0.1, 0.15) is 47.0 Å². The lowest BCUT2D eigenvalue weighted by atomic mass is 9.74. The Bertz CT molecular complexity index is 2550. The zero-order chi connectivity index (χ0) is 51.8. The molecule has 6 rings (SSSR count). The van der Waals surface area contributed by atoms with Gasteiger partial charge < -0.3 is 39.6 Å². The van der Waals surface area contributed by atoms with Crippen LogP contribution in [0.3, 0.4) is 0 Å². The minimum Gasteiger partial charge on any atom is -0.489 e. The topological polar surface area (TPSA) is 212 Å². The van der Waals surface area contributed by atoms with E-state index in [4.69, 9.17) is 18.7 Å². The van der Waals surface area contributed by atoms with Crippen molar-refractivity contribution in [3.63, 3.8) is 0 Å². The average Bonchev–Trinajstić information content (AvgIpc) is 4.01. The smallest absolute Gasteiger partial charge is 0.410 e. The molecular formula is C53H70FN7O10. The molecule has 2 aromatic heterocycles. The molecule has 0 bridgehead atoms. The normalized spacial score (nSPS) is 15.7. The quantitative estimate of drug-likeness (QED) is 0.0708. The minimum atomic E-state index is -1.44. The van der Waals surface area contributed by atoms with Gasteiger partial charge in [0, 0.05) is 44.4 Å². The first-order chi connectivity index (χ1) is 33.4. The summed E-state index contributed by atoms with van der Waals surface area (Å²) in [7, 11) is 3.11. The Morgan fingerprint density at radius 3 is 2.23 bits per heavy atom. The molecule has 3 atom stereocenters. The summed E-state index contributed by atoms with van der Waals surface area (Å²) in [6, 6.07) is 11.9. The first kappa shape index (κ1) is 53.8. The maximum absolute atomic E-state index is 15.1. The number of esters is 1. The second kappa shape index (κ2) is 22.7. The summed E-state index contributed by atoms with van der Waals surface area (Å²) in [5, 5.41) is 12.8. The van der Waals surface area contributed by atoms with Crippen molar-refractivity contribution in [3.8, 4) is 5.75 Å². The maximum Gasteiger partial charge on any atom is 0.410 e. The number of amides is 5. The number of nitrogens with zero attached hydrogens (tertiary/aromatic N) is 4. The number of pyridine rings is 1. The van der Waals surface area contributed by atoms with Crippen LogP contribution in [0, 0.1) is 11.7 Å². The van der Waals surface area contributed by atoms with Gasteiger partial charge in [0.25, 0.3) is 5.91 Å². The van der Waals surface area contributed by atoms with Crippen LogP contribution in [0.2, 0.25) is 0 Å². The van der Waals surface area contributed by atoms with Crippen LogP contribution >= 0.6 is 0 Å². The van der Waals surface area contributed by atoms with E-state index in [0.717, 1.165) is 30.2 Å². The summed E-state index contributed by atoms with van der Waals surface area (Å²) >= 11 is 0. The van der Waals surface area contributed by atoms with E-state index in [9.17, 15) is 28.8 Å². The van der Waals surface area contributed by atoms with Gasteiger partial charge in [-0.2, -0.15) is 0 Å². The molecule has 2 saturated carbocycles. The van der Waals surface area contributed by atoms with Crippen LogP contribution in [0.25, 0.3) is 10.9 Å². The fourth-order valence-electron chi connectivity index (χ4n) is 8.48. The highest BCUT2D eigenvalue weighted by molar-refractivity contribution is 6.10. The van der Waals surface area contributed by atoms with E-state index < -0.39 is 82.8 Å². The molecule has 18 heteroatoms. The molecule has 4 aromatic rings. The predicted molar refractivity (Wildman–Crippen MR) is 263 cm³/mol. The third kappa shape index (κ3) is 14.5. The van der Waals surface area contributed by atoms with Crippen molar-refractivity contribution in [1.82, 2.24) is 35.9 Å². The number of fused-ring (bicyclic) bond motifs is 1. The highest BCUT2D eigenvalue weighted by Crippen LogP contribution is 2.40. The summed E-state index contributed by atoms with van der Waals surface area (Å²) in [5.74, 6) is -2.88. The summed E-state index contributed by atoms with van der Waals surface area (Å²) in [4.78, 5) is 91.3. The largest absolute Gasteiger partial charge is 0.489 e. The Morgan fingerprint density at radius 2 is 1.61 bits per heavy atom. The molecule has 0 saturated heterocycles. The van der Waals surface area contributed by atoms with Crippen LogP contribution in [-0.4, -0.2) is 118 Å². The lowest BCUT2D eigenvalue weighted by Crippen LogP contribution is -2.67. The third-order valence-electron chi connectivity index (χ3n) is 12.5. The van der Waals surface area contributed by atoms with Gasteiger partial charge in [-0.05, 0) is 116 Å². The molecule has 0 aliphatic heterocycles. The third-order valence-corrected chi connectivity index (χ3v) is 12.5. The number of benzene rings is 2. The molecule has 384 valence electrons. The SMILES string of the molecule is CC(C)C[C@@H](C(=O)N(C)C1(C(=O)N[C@@H](COc2cnc3ccc(F)cc3c2C(=O)N[C@@H](CC(=O)OC(C)(C)C)C(=O)NCCc2cc(C3CC3)no2)Cc2ccccc2)CCC1)N(C)C(=O)OC(C)(C)C. The van der Waals surface area contributed by atoms with Crippen LogP contribution in [0.1, 0.15) is 134 Å². The zero-order valence-electron chi connectivity index (χ0n) is 42.7. The Morgan fingerprint density at radius 1 is 0.915 bits per heavy atom. The highest BCUT2D eigenvalue weighted by atomic mass is 19.1. The van der Waals surface area contributed by atoms with E-state index in [-0.39, 0.29) is 47.7 Å². The van der Waals surface area contributed by atoms with E-state index in [1.807, 2.05) is 50.2 Å². The van der Waals surface area contributed by atoms with E-state index in [1.165, 1.54) is 35.2 Å². The molecule has 2 heterocycles. The van der Waals surface area contributed by atoms with Gasteiger partial charge in [-0.15, -0.1) is 0 Å². The number of ether oxygens (including phenoxy) is 3. The number of carbonyl (C=O) groups is 6. The molecule has 2 aliphatic carbocycles. The van der Waals surface area contributed by atoms with E-state index in [2.05, 4.69) is 26.1 Å². The second-order valence-electron chi connectivity index (χ2n) is 21.2. The summed E-state index contributed by atoms with van der Waals surface area (Å²) < 4.78 is 38.1. The molecule has 2 aliphatic rings. The highest BCUT2D eigenvalue weighted by Gasteiger charge is 2.51. The zero-order valence-corrected chi connectivity index (χ0v) is 42.7. The minimum absolute atomic E-state index is 0.0257. The lowest BCUT2D eigenvalue weighted by Gasteiger charge is -2.49. The van der Waals surface area contributed by atoms with Crippen LogP contribution < -0.4 is 20.7 Å². The number of nitrogens with one attached hydrogen (secondary N) is 3. The van der Waals surface area contributed by atoms with Crippen LogP contribution in [-0.2, 0) is 41.5 Å². The van der Waals surface area contributed by atoms with E-state index in [0.29, 0.717) is 43.8 Å². The Hall–Kier alpha value is -6.59. The summed E-state index contributed by atoms with van der Waals surface area (Å²) in [5.41, 5.74) is -1.13. The molecule has 5 amide bonds. The Labute approximate surface area is 415 Å². The Kier molecular flexibility index (Phi) is 17.2. The van der Waals surface area contributed by atoms with Gasteiger partial charge in [-0.1, -0.05) is 49.3 Å². The number of carbonyl (C=O) groups excluding carboxylic acids is 6. The van der Waals surface area contributed by atoms with Crippen molar-refractivity contribution < 1.29 is 51.9 Å². The fourth-order valence-corrected chi connectivity index (χ4v) is 8.48. The van der Waals surface area contributed by atoms with Crippen molar-refractivity contribution in [2.45, 2.75) is 154 Å². The molecule has 0 unspecified atom stereocenters. The molecule has 71 heavy (non-hydrogen) atoms. The fraction of sp³-hybridized carbons (Fsp3) is 0.547. The second-order valence-corrected chi connectivity index (χ2v) is 21.2. The summed E-state index contributed by atoms with van der Waals surface area (Å²) in [6.07, 6.45) is 4.54. The predicted octanol–water partition coefficient (Wildman–Crippen LogP) is 7.20. The van der Waals surface area contributed by atoms with Crippen molar-refractivity contribution in [1.29, 1.82) is 0 Å². The molecule has 2 aromatic carbocycles. The summed E-state index contributed by atoms with van der Waals surface area (Å²) in [6.45, 7) is 14.1. The van der Waals surface area contributed by atoms with Crippen LogP contribution in [0.4, 0.5) is 9.18 Å². The number of halogens is 1. The number of aromatic nitrogens is 2. The molecule has 3 N–H and O–H groups in total. The van der Waals surface area contributed by atoms with Crippen molar-refractivity contribution in [3.05, 3.63) is 89.2 Å². The molecule has 2 fully saturated rings. The average molecular weight is 984 g/mol. The van der Waals surface area contributed by atoms with Gasteiger partial charge in [0.2, 0.25) is 17.7 Å². The molecule has 0 spiro atoms.